The standard InChI is InChI=1S/C23H22F3N5/c1-13-10-14(2)31(30-13)18-8-9-19-16(4)28-29-22(20(19)11-18)27-12-17-6-5-7-21(15(17)3)23(24,25)26/h5-11H,12H2,1-4H3,(H,27,29). The summed E-state index contributed by atoms with van der Waals surface area (Å²) in [6, 6.07) is 12.1. The minimum Gasteiger partial charge on any atom is -0.364 e. The molecule has 4 aromatic rings. The summed E-state index contributed by atoms with van der Waals surface area (Å²) in [5.41, 5.74) is 3.71. The van der Waals surface area contributed by atoms with Crippen molar-refractivity contribution in [3.8, 4) is 5.69 Å². The third-order valence-corrected chi connectivity index (χ3v) is 5.40. The van der Waals surface area contributed by atoms with Crippen LogP contribution in [0.15, 0.2) is 42.5 Å². The molecule has 2 aromatic heterocycles. The van der Waals surface area contributed by atoms with Crippen LogP contribution in [0.1, 0.15) is 33.8 Å². The van der Waals surface area contributed by atoms with Crippen LogP contribution < -0.4 is 5.32 Å². The number of aryl methyl sites for hydroxylation is 3. The maximum atomic E-state index is 13.2. The first kappa shape index (κ1) is 20.8. The van der Waals surface area contributed by atoms with Gasteiger partial charge in [0.1, 0.15) is 0 Å². The molecule has 2 heterocycles. The number of benzene rings is 2. The molecule has 0 unspecified atom stereocenters. The van der Waals surface area contributed by atoms with Gasteiger partial charge in [0, 0.05) is 23.0 Å². The highest BCUT2D eigenvalue weighted by atomic mass is 19.4. The molecule has 0 fully saturated rings. The zero-order valence-corrected chi connectivity index (χ0v) is 17.7. The first-order valence-electron chi connectivity index (χ1n) is 9.85. The van der Waals surface area contributed by atoms with E-state index >= 15 is 0 Å². The van der Waals surface area contributed by atoms with Crippen LogP contribution in [0.5, 0.6) is 0 Å². The first-order valence-corrected chi connectivity index (χ1v) is 9.85. The lowest BCUT2D eigenvalue weighted by atomic mass is 10.0. The van der Waals surface area contributed by atoms with Crippen LogP contribution in [0.3, 0.4) is 0 Å². The molecular formula is C23H22F3N5. The van der Waals surface area contributed by atoms with Gasteiger partial charge in [-0.1, -0.05) is 18.2 Å². The van der Waals surface area contributed by atoms with Crippen LogP contribution in [0.2, 0.25) is 0 Å². The minimum absolute atomic E-state index is 0.201. The molecule has 0 bridgehead atoms. The van der Waals surface area contributed by atoms with Gasteiger partial charge in [0.2, 0.25) is 0 Å². The Hall–Kier alpha value is -3.42. The Morgan fingerprint density at radius 3 is 2.39 bits per heavy atom. The van der Waals surface area contributed by atoms with Crippen molar-refractivity contribution in [3.63, 3.8) is 0 Å². The largest absolute Gasteiger partial charge is 0.416 e. The third kappa shape index (κ3) is 3.97. The van der Waals surface area contributed by atoms with Gasteiger partial charge in [-0.15, -0.1) is 5.10 Å². The Kier molecular flexibility index (Phi) is 5.16. The predicted molar refractivity (Wildman–Crippen MR) is 114 cm³/mol. The molecule has 0 amide bonds. The van der Waals surface area contributed by atoms with Crippen LogP contribution in [0.25, 0.3) is 16.5 Å². The number of alkyl halides is 3. The third-order valence-electron chi connectivity index (χ3n) is 5.40. The van der Waals surface area contributed by atoms with Gasteiger partial charge in [-0.05, 0) is 63.1 Å². The van der Waals surface area contributed by atoms with E-state index in [4.69, 9.17) is 0 Å². The van der Waals surface area contributed by atoms with Gasteiger partial charge in [-0.3, -0.25) is 0 Å². The number of anilines is 1. The van der Waals surface area contributed by atoms with E-state index in [1.807, 2.05) is 49.7 Å². The van der Waals surface area contributed by atoms with Gasteiger partial charge in [0.15, 0.2) is 5.82 Å². The molecule has 0 aliphatic carbocycles. The molecule has 1 N–H and O–H groups in total. The van der Waals surface area contributed by atoms with Crippen LogP contribution in [-0.2, 0) is 12.7 Å². The molecule has 0 atom stereocenters. The molecule has 0 aliphatic heterocycles. The van der Waals surface area contributed by atoms with E-state index < -0.39 is 11.7 Å². The predicted octanol–water partition coefficient (Wildman–Crippen LogP) is 5.68. The van der Waals surface area contributed by atoms with E-state index in [2.05, 4.69) is 20.6 Å². The molecule has 2 aromatic carbocycles. The van der Waals surface area contributed by atoms with Gasteiger partial charge < -0.3 is 5.32 Å². The van der Waals surface area contributed by atoms with Crippen molar-refractivity contribution in [2.45, 2.75) is 40.4 Å². The van der Waals surface area contributed by atoms with Crippen molar-refractivity contribution in [2.24, 2.45) is 0 Å². The average Bonchev–Trinajstić information content (AvgIpc) is 3.05. The molecule has 0 aliphatic rings. The summed E-state index contributed by atoms with van der Waals surface area (Å²) in [5.74, 6) is 0.515. The topological polar surface area (TPSA) is 55.6 Å². The van der Waals surface area contributed by atoms with Crippen LogP contribution >= 0.6 is 0 Å². The smallest absolute Gasteiger partial charge is 0.364 e. The summed E-state index contributed by atoms with van der Waals surface area (Å²) in [4.78, 5) is 0. The summed E-state index contributed by atoms with van der Waals surface area (Å²) in [6.45, 7) is 7.48. The SMILES string of the molecule is Cc1cc(C)n(-c2ccc3c(C)nnc(NCc4cccc(C(F)(F)F)c4C)c3c2)n1. The molecule has 0 radical (unpaired) electrons. The monoisotopic (exact) mass is 425 g/mol. The Labute approximate surface area is 177 Å². The Morgan fingerprint density at radius 1 is 0.935 bits per heavy atom. The van der Waals surface area contributed by atoms with E-state index in [-0.39, 0.29) is 12.1 Å². The fourth-order valence-electron chi connectivity index (χ4n) is 3.79. The molecule has 8 heteroatoms. The highest BCUT2D eigenvalue weighted by Crippen LogP contribution is 2.33. The van der Waals surface area contributed by atoms with Crippen LogP contribution in [-0.4, -0.2) is 20.0 Å². The molecule has 160 valence electrons. The van der Waals surface area contributed by atoms with Crippen molar-refractivity contribution in [1.82, 2.24) is 20.0 Å². The number of rotatable bonds is 4. The molecule has 31 heavy (non-hydrogen) atoms. The summed E-state index contributed by atoms with van der Waals surface area (Å²) >= 11 is 0. The zero-order chi connectivity index (χ0) is 22.3. The van der Waals surface area contributed by atoms with Crippen molar-refractivity contribution >= 4 is 16.6 Å². The fraction of sp³-hybridized carbons (Fsp3) is 0.261. The van der Waals surface area contributed by atoms with Crippen molar-refractivity contribution in [1.29, 1.82) is 0 Å². The molecule has 0 spiro atoms. The number of halogens is 3. The Balaban J connectivity index is 1.72. The van der Waals surface area contributed by atoms with Gasteiger partial charge in [-0.25, -0.2) is 4.68 Å². The van der Waals surface area contributed by atoms with Crippen molar-refractivity contribution < 1.29 is 13.2 Å². The number of fused-ring (bicyclic) bond motifs is 1. The second-order valence-corrected chi connectivity index (χ2v) is 7.64. The lowest BCUT2D eigenvalue weighted by Gasteiger charge is -2.15. The highest BCUT2D eigenvalue weighted by molar-refractivity contribution is 5.94. The molecular weight excluding hydrogens is 403 g/mol. The minimum atomic E-state index is -4.38. The normalized spacial score (nSPS) is 11.8. The molecule has 0 saturated carbocycles. The Morgan fingerprint density at radius 2 is 1.71 bits per heavy atom. The second-order valence-electron chi connectivity index (χ2n) is 7.64. The number of hydrogen-bond donors (Lipinski definition) is 1. The molecule has 4 rings (SSSR count). The quantitative estimate of drug-likeness (QED) is 0.457. The summed E-state index contributed by atoms with van der Waals surface area (Å²) < 4.78 is 41.6. The average molecular weight is 425 g/mol. The number of nitrogens with one attached hydrogen (secondary N) is 1. The van der Waals surface area contributed by atoms with Crippen LogP contribution in [0, 0.1) is 27.7 Å². The second kappa shape index (κ2) is 7.68. The maximum absolute atomic E-state index is 13.2. The zero-order valence-electron chi connectivity index (χ0n) is 17.7. The van der Waals surface area contributed by atoms with Crippen molar-refractivity contribution in [3.05, 3.63) is 76.2 Å². The lowest BCUT2D eigenvalue weighted by molar-refractivity contribution is -0.138. The van der Waals surface area contributed by atoms with Gasteiger partial charge >= 0.3 is 6.18 Å². The Bertz CT molecular complexity index is 1270. The van der Waals surface area contributed by atoms with Crippen molar-refractivity contribution in [2.75, 3.05) is 5.32 Å². The van der Waals surface area contributed by atoms with E-state index in [9.17, 15) is 13.2 Å². The fourth-order valence-corrected chi connectivity index (χ4v) is 3.79. The van der Waals surface area contributed by atoms with E-state index in [0.717, 1.165) is 39.6 Å². The summed E-state index contributed by atoms with van der Waals surface area (Å²) in [6.07, 6.45) is -4.38. The van der Waals surface area contributed by atoms with Gasteiger partial charge in [0.25, 0.3) is 0 Å². The lowest BCUT2D eigenvalue weighted by Crippen LogP contribution is -2.11. The number of hydrogen-bond acceptors (Lipinski definition) is 4. The maximum Gasteiger partial charge on any atom is 0.416 e. The van der Waals surface area contributed by atoms with Gasteiger partial charge in [-0.2, -0.15) is 23.4 Å². The molecule has 0 saturated heterocycles. The highest BCUT2D eigenvalue weighted by Gasteiger charge is 2.32. The summed E-state index contributed by atoms with van der Waals surface area (Å²) in [7, 11) is 0. The van der Waals surface area contributed by atoms with Crippen LogP contribution in [0.4, 0.5) is 19.0 Å². The molecule has 5 nitrogen and oxygen atoms in total. The van der Waals surface area contributed by atoms with E-state index in [0.29, 0.717) is 11.4 Å². The number of nitrogens with zero attached hydrogens (tertiary/aromatic N) is 4. The summed E-state index contributed by atoms with van der Waals surface area (Å²) in [5, 5.41) is 17.9. The van der Waals surface area contributed by atoms with E-state index in [1.165, 1.54) is 13.0 Å². The number of aromatic nitrogens is 4. The van der Waals surface area contributed by atoms with E-state index in [1.54, 1.807) is 6.07 Å². The van der Waals surface area contributed by atoms with Gasteiger partial charge in [0.05, 0.1) is 22.6 Å². The first-order chi connectivity index (χ1) is 14.6.